The van der Waals surface area contributed by atoms with E-state index in [0.29, 0.717) is 0 Å². The summed E-state index contributed by atoms with van der Waals surface area (Å²) in [6, 6.07) is 0. The number of isothiocyanates is 1. The van der Waals surface area contributed by atoms with Gasteiger partial charge in [-0.25, -0.2) is 4.99 Å². The first kappa shape index (κ1) is 16.8. The molecule has 0 radical (unpaired) electrons. The molecule has 1 rings (SSSR count). The zero-order chi connectivity index (χ0) is 14.4. The summed E-state index contributed by atoms with van der Waals surface area (Å²) in [5, 5.41) is 7.09. The smallest absolute Gasteiger partial charge is 0.0791 e. The summed E-state index contributed by atoms with van der Waals surface area (Å²) in [6.07, 6.45) is 8.46. The Hall–Kier alpha value is -0.220. The van der Waals surface area contributed by atoms with Crippen LogP contribution in [-0.2, 0) is 0 Å². The van der Waals surface area contributed by atoms with Crippen molar-refractivity contribution in [2.45, 2.75) is 50.8 Å². The van der Waals surface area contributed by atoms with Crippen LogP contribution in [0.5, 0.6) is 0 Å². The van der Waals surface area contributed by atoms with E-state index in [1.807, 2.05) is 21.6 Å². The lowest BCUT2D eigenvalue weighted by atomic mass is 9.94. The lowest BCUT2D eigenvalue weighted by Gasteiger charge is -2.28. The van der Waals surface area contributed by atoms with Gasteiger partial charge in [-0.3, -0.25) is 0 Å². The van der Waals surface area contributed by atoms with E-state index in [2.05, 4.69) is 61.4 Å². The molecule has 0 fully saturated rings. The van der Waals surface area contributed by atoms with Crippen molar-refractivity contribution in [1.29, 1.82) is 0 Å². The zero-order valence-corrected chi connectivity index (χ0v) is 14.5. The number of hydrogen-bond donors (Lipinski definition) is 1. The van der Waals surface area contributed by atoms with Gasteiger partial charge in [-0.2, -0.15) is 0 Å². The summed E-state index contributed by atoms with van der Waals surface area (Å²) in [7, 11) is 3.72. The lowest BCUT2D eigenvalue weighted by molar-refractivity contribution is 0.436. The van der Waals surface area contributed by atoms with E-state index in [1.54, 1.807) is 0 Å². The maximum Gasteiger partial charge on any atom is 0.0791 e. The van der Waals surface area contributed by atoms with Gasteiger partial charge in [-0.1, -0.05) is 22.9 Å². The maximum atomic E-state index is 4.70. The molecule has 106 valence electrons. The molecule has 0 saturated carbocycles. The fourth-order valence-electron chi connectivity index (χ4n) is 1.48. The molecule has 0 atom stereocenters. The summed E-state index contributed by atoms with van der Waals surface area (Å²) < 4.78 is 0.211. The van der Waals surface area contributed by atoms with Crippen LogP contribution in [0.15, 0.2) is 28.2 Å². The van der Waals surface area contributed by atoms with Crippen molar-refractivity contribution in [2.75, 3.05) is 6.54 Å². The third-order valence-electron chi connectivity index (χ3n) is 2.82. The summed E-state index contributed by atoms with van der Waals surface area (Å²) in [5.74, 6) is 0. The molecule has 0 unspecified atom stereocenters. The maximum absolute atomic E-state index is 4.70. The summed E-state index contributed by atoms with van der Waals surface area (Å²) in [5.41, 5.74) is -0.102. The highest BCUT2D eigenvalue weighted by atomic mass is 33.1. The Kier molecular flexibility index (Phi) is 6.67. The number of nitrogens with one attached hydrogen (secondary N) is 1. The van der Waals surface area contributed by atoms with Gasteiger partial charge in [0, 0.05) is 11.3 Å². The third-order valence-corrected chi connectivity index (χ3v) is 6.25. The fourth-order valence-corrected chi connectivity index (χ4v) is 4.05. The van der Waals surface area contributed by atoms with E-state index < -0.39 is 0 Å². The molecule has 0 aromatic rings. The van der Waals surface area contributed by atoms with Gasteiger partial charge in [0.15, 0.2) is 0 Å². The predicted molar refractivity (Wildman–Crippen MR) is 92.8 cm³/mol. The van der Waals surface area contributed by atoms with Gasteiger partial charge in [0.2, 0.25) is 0 Å². The van der Waals surface area contributed by atoms with Crippen molar-refractivity contribution < 1.29 is 0 Å². The molecule has 19 heavy (non-hydrogen) atoms. The van der Waals surface area contributed by atoms with Gasteiger partial charge in [0.25, 0.3) is 0 Å². The van der Waals surface area contributed by atoms with E-state index >= 15 is 0 Å². The molecule has 5 heteroatoms. The van der Waals surface area contributed by atoms with Crippen molar-refractivity contribution >= 4 is 39.0 Å². The predicted octanol–water partition coefficient (Wildman–Crippen LogP) is 4.81. The minimum absolute atomic E-state index is 0.102. The molecule has 1 aliphatic heterocycles. The summed E-state index contributed by atoms with van der Waals surface area (Å²) in [4.78, 5) is 4.23. The SMILES string of the molecule is CC(C)(CCC(C)(C)SSC1=CC=CCN1)N=C=S. The van der Waals surface area contributed by atoms with Crippen LogP contribution < -0.4 is 5.32 Å². The summed E-state index contributed by atoms with van der Waals surface area (Å²) >= 11 is 4.70. The van der Waals surface area contributed by atoms with Gasteiger partial charge in [0.05, 0.1) is 15.7 Å². The Labute approximate surface area is 130 Å². The van der Waals surface area contributed by atoms with Crippen LogP contribution in [0.4, 0.5) is 0 Å². The first-order valence-electron chi connectivity index (χ1n) is 6.40. The van der Waals surface area contributed by atoms with E-state index in [-0.39, 0.29) is 10.3 Å². The first-order valence-corrected chi connectivity index (χ1v) is 8.96. The number of rotatable bonds is 7. The second kappa shape index (κ2) is 7.53. The Morgan fingerprint density at radius 1 is 1.37 bits per heavy atom. The second-order valence-corrected chi connectivity index (χ2v) is 8.84. The topological polar surface area (TPSA) is 24.4 Å². The van der Waals surface area contributed by atoms with Crippen LogP contribution in [0.2, 0.25) is 0 Å². The highest BCUT2D eigenvalue weighted by molar-refractivity contribution is 8.78. The number of aliphatic imine (C=N–C) groups is 1. The van der Waals surface area contributed by atoms with Crippen LogP contribution >= 0.6 is 33.8 Å². The van der Waals surface area contributed by atoms with E-state index in [1.165, 1.54) is 5.03 Å². The standard InChI is InChI=1S/C14H22N2S3/c1-13(2,16-11-17)8-9-14(3,4)19-18-12-7-5-6-10-15-12/h5-7,15H,8-10H2,1-4H3. The first-order chi connectivity index (χ1) is 8.85. The Bertz CT molecular complexity index is 405. The van der Waals surface area contributed by atoms with E-state index in [0.717, 1.165) is 19.4 Å². The van der Waals surface area contributed by atoms with Crippen molar-refractivity contribution in [3.63, 3.8) is 0 Å². The Balaban J connectivity index is 2.41. The van der Waals surface area contributed by atoms with Gasteiger partial charge >= 0.3 is 0 Å². The molecule has 0 bridgehead atoms. The average molecular weight is 315 g/mol. The number of hydrogen-bond acceptors (Lipinski definition) is 5. The lowest BCUT2D eigenvalue weighted by Crippen LogP contribution is -2.23. The van der Waals surface area contributed by atoms with Crippen molar-refractivity contribution in [2.24, 2.45) is 4.99 Å². The van der Waals surface area contributed by atoms with Crippen LogP contribution in [0.3, 0.4) is 0 Å². The minimum atomic E-state index is -0.102. The second-order valence-electron chi connectivity index (χ2n) is 5.78. The molecule has 0 aromatic heterocycles. The normalized spacial score (nSPS) is 15.5. The molecule has 2 nitrogen and oxygen atoms in total. The highest BCUT2D eigenvalue weighted by Crippen LogP contribution is 2.43. The molecule has 1 N–H and O–H groups in total. The molecule has 0 aromatic carbocycles. The molecule has 0 amide bonds. The van der Waals surface area contributed by atoms with E-state index in [9.17, 15) is 0 Å². The quantitative estimate of drug-likeness (QED) is 0.414. The fraction of sp³-hybridized carbons (Fsp3) is 0.643. The van der Waals surface area contributed by atoms with Crippen LogP contribution in [0.1, 0.15) is 40.5 Å². The molecule has 0 saturated heterocycles. The number of allylic oxidation sites excluding steroid dienone is 2. The van der Waals surface area contributed by atoms with Crippen LogP contribution in [-0.4, -0.2) is 22.0 Å². The number of nitrogens with zero attached hydrogens (tertiary/aromatic N) is 1. The summed E-state index contributed by atoms with van der Waals surface area (Å²) in [6.45, 7) is 9.70. The van der Waals surface area contributed by atoms with Gasteiger partial charge in [0.1, 0.15) is 0 Å². The molecule has 0 spiro atoms. The zero-order valence-electron chi connectivity index (χ0n) is 12.0. The number of thiocarbonyl (C=S) groups is 1. The number of dihydropyridines is 1. The van der Waals surface area contributed by atoms with Gasteiger partial charge < -0.3 is 5.32 Å². The molecule has 1 heterocycles. The average Bonchev–Trinajstić information content (AvgIpc) is 2.36. The minimum Gasteiger partial charge on any atom is -0.376 e. The van der Waals surface area contributed by atoms with Gasteiger partial charge in [-0.15, -0.1) is 0 Å². The Morgan fingerprint density at radius 3 is 2.68 bits per heavy atom. The van der Waals surface area contributed by atoms with Crippen LogP contribution in [0, 0.1) is 0 Å². The highest BCUT2D eigenvalue weighted by Gasteiger charge is 2.25. The third kappa shape index (κ3) is 7.21. The molecule has 1 aliphatic rings. The van der Waals surface area contributed by atoms with Crippen LogP contribution in [0.25, 0.3) is 0 Å². The molecular weight excluding hydrogens is 292 g/mol. The molecular formula is C14H22N2S3. The molecule has 0 aliphatic carbocycles. The van der Waals surface area contributed by atoms with E-state index in [4.69, 9.17) is 12.2 Å². The monoisotopic (exact) mass is 314 g/mol. The van der Waals surface area contributed by atoms with Crippen molar-refractivity contribution in [3.05, 3.63) is 23.3 Å². The van der Waals surface area contributed by atoms with Gasteiger partial charge in [-0.05, 0) is 69.6 Å². The van der Waals surface area contributed by atoms with Crippen molar-refractivity contribution in [1.82, 2.24) is 5.32 Å². The van der Waals surface area contributed by atoms with Crippen molar-refractivity contribution in [3.8, 4) is 0 Å². The Morgan fingerprint density at radius 2 is 2.11 bits per heavy atom. The largest absolute Gasteiger partial charge is 0.376 e.